The molecule has 4 amide bonds. The first-order valence-corrected chi connectivity index (χ1v) is 10.5. The zero-order chi connectivity index (χ0) is 22.5. The van der Waals surface area contributed by atoms with Gasteiger partial charge in [0.05, 0.1) is 6.54 Å². The van der Waals surface area contributed by atoms with Crippen LogP contribution >= 0.6 is 0 Å². The van der Waals surface area contributed by atoms with Crippen LogP contribution in [0.3, 0.4) is 0 Å². The predicted molar refractivity (Wildman–Crippen MR) is 116 cm³/mol. The van der Waals surface area contributed by atoms with Crippen LogP contribution in [-0.4, -0.2) is 53.3 Å². The standard InChI is InChI=1S/C22H29N5O4/c1-4-12(2)19-22(31)24-11-18(28)25-13(3)20(29)26-17(21(30)27-19)9-14-10-23-16-8-6-5-7-15(14)16/h5-8,10,12-13,17,19,23H,4,9,11H2,1-3H3,(H,24,31)(H,25,28)(H,26,29)(H,27,30)/t12-,13-,17-,19-/m0/s1. The zero-order valence-electron chi connectivity index (χ0n) is 18.0. The van der Waals surface area contributed by atoms with Crippen molar-refractivity contribution in [2.24, 2.45) is 5.92 Å². The van der Waals surface area contributed by atoms with Crippen molar-refractivity contribution in [3.05, 3.63) is 36.0 Å². The summed E-state index contributed by atoms with van der Waals surface area (Å²) in [7, 11) is 0. The molecule has 166 valence electrons. The van der Waals surface area contributed by atoms with Crippen LogP contribution in [0.5, 0.6) is 0 Å². The molecule has 1 aromatic carbocycles. The number of carbonyl (C=O) groups excluding carboxylic acids is 4. The summed E-state index contributed by atoms with van der Waals surface area (Å²) in [5.41, 5.74) is 1.79. The molecule has 1 saturated heterocycles. The highest BCUT2D eigenvalue weighted by Gasteiger charge is 2.32. The van der Waals surface area contributed by atoms with Crippen LogP contribution in [0, 0.1) is 5.92 Å². The lowest BCUT2D eigenvalue weighted by Crippen LogP contribution is -2.60. The fourth-order valence-electron chi connectivity index (χ4n) is 3.62. The molecule has 1 fully saturated rings. The molecule has 9 heteroatoms. The first kappa shape index (κ1) is 22.3. The van der Waals surface area contributed by atoms with Gasteiger partial charge in [-0.05, 0) is 24.5 Å². The van der Waals surface area contributed by atoms with Crippen molar-refractivity contribution >= 4 is 34.5 Å². The van der Waals surface area contributed by atoms with E-state index in [2.05, 4.69) is 26.3 Å². The van der Waals surface area contributed by atoms with Gasteiger partial charge in [0.15, 0.2) is 0 Å². The predicted octanol–water partition coefficient (Wildman–Crippen LogP) is 0.361. The number of amides is 4. The van der Waals surface area contributed by atoms with Gasteiger partial charge in [0.25, 0.3) is 0 Å². The maximum atomic E-state index is 13.2. The first-order valence-electron chi connectivity index (χ1n) is 10.5. The Morgan fingerprint density at radius 2 is 1.74 bits per heavy atom. The van der Waals surface area contributed by atoms with E-state index in [1.807, 2.05) is 44.3 Å². The van der Waals surface area contributed by atoms with E-state index < -0.39 is 41.8 Å². The maximum Gasteiger partial charge on any atom is 0.243 e. The lowest BCUT2D eigenvalue weighted by Gasteiger charge is -2.28. The minimum Gasteiger partial charge on any atom is -0.361 e. The summed E-state index contributed by atoms with van der Waals surface area (Å²) in [4.78, 5) is 53.8. The Morgan fingerprint density at radius 3 is 2.48 bits per heavy atom. The second kappa shape index (κ2) is 9.63. The van der Waals surface area contributed by atoms with Crippen LogP contribution in [0.25, 0.3) is 10.9 Å². The molecular formula is C22H29N5O4. The van der Waals surface area contributed by atoms with Crippen LogP contribution in [0.15, 0.2) is 30.5 Å². The van der Waals surface area contributed by atoms with Gasteiger partial charge in [-0.1, -0.05) is 38.5 Å². The number of para-hydroxylation sites is 1. The molecule has 2 aromatic rings. The van der Waals surface area contributed by atoms with Gasteiger partial charge in [-0.2, -0.15) is 0 Å². The number of hydrogen-bond donors (Lipinski definition) is 5. The second-order valence-electron chi connectivity index (χ2n) is 8.00. The Kier molecular flexibility index (Phi) is 6.94. The normalized spacial score (nSPS) is 24.3. The summed E-state index contributed by atoms with van der Waals surface area (Å²) < 4.78 is 0. The summed E-state index contributed by atoms with van der Waals surface area (Å²) in [5, 5.41) is 11.6. The van der Waals surface area contributed by atoms with Gasteiger partial charge in [-0.15, -0.1) is 0 Å². The number of hydrogen-bond acceptors (Lipinski definition) is 4. The molecule has 3 rings (SSSR count). The Balaban J connectivity index is 1.91. The molecular weight excluding hydrogens is 398 g/mol. The van der Waals surface area contributed by atoms with Crippen LogP contribution < -0.4 is 21.3 Å². The number of rotatable bonds is 4. The van der Waals surface area contributed by atoms with Crippen LogP contribution in [-0.2, 0) is 25.6 Å². The van der Waals surface area contributed by atoms with Gasteiger partial charge in [-0.3, -0.25) is 19.2 Å². The van der Waals surface area contributed by atoms with Crippen molar-refractivity contribution in [1.82, 2.24) is 26.3 Å². The highest BCUT2D eigenvalue weighted by Crippen LogP contribution is 2.19. The fraction of sp³-hybridized carbons (Fsp3) is 0.455. The molecule has 31 heavy (non-hydrogen) atoms. The largest absolute Gasteiger partial charge is 0.361 e. The molecule has 0 bridgehead atoms. The highest BCUT2D eigenvalue weighted by atomic mass is 16.2. The number of aromatic nitrogens is 1. The van der Waals surface area contributed by atoms with E-state index in [0.29, 0.717) is 6.42 Å². The highest BCUT2D eigenvalue weighted by molar-refractivity contribution is 5.97. The molecule has 0 saturated carbocycles. The molecule has 5 N–H and O–H groups in total. The molecule has 0 radical (unpaired) electrons. The third-order valence-corrected chi connectivity index (χ3v) is 5.72. The Bertz CT molecular complexity index is 985. The summed E-state index contributed by atoms with van der Waals surface area (Å²) in [6.45, 7) is 5.03. The molecule has 2 heterocycles. The van der Waals surface area contributed by atoms with Crippen molar-refractivity contribution in [2.45, 2.75) is 51.7 Å². The second-order valence-corrected chi connectivity index (χ2v) is 8.00. The van der Waals surface area contributed by atoms with Gasteiger partial charge in [0, 0.05) is 23.5 Å². The van der Waals surface area contributed by atoms with Crippen molar-refractivity contribution in [3.63, 3.8) is 0 Å². The topological polar surface area (TPSA) is 132 Å². The molecule has 0 unspecified atom stereocenters. The monoisotopic (exact) mass is 427 g/mol. The van der Waals surface area contributed by atoms with E-state index in [4.69, 9.17) is 0 Å². The molecule has 0 aliphatic carbocycles. The van der Waals surface area contributed by atoms with Gasteiger partial charge in [0.2, 0.25) is 23.6 Å². The van der Waals surface area contributed by atoms with Gasteiger partial charge >= 0.3 is 0 Å². The number of nitrogens with one attached hydrogen (secondary N) is 5. The smallest absolute Gasteiger partial charge is 0.243 e. The molecule has 1 aliphatic rings. The Hall–Kier alpha value is -3.36. The van der Waals surface area contributed by atoms with E-state index in [9.17, 15) is 19.2 Å². The van der Waals surface area contributed by atoms with Gasteiger partial charge < -0.3 is 26.3 Å². The van der Waals surface area contributed by atoms with Crippen molar-refractivity contribution in [2.75, 3.05) is 6.54 Å². The van der Waals surface area contributed by atoms with Crippen molar-refractivity contribution < 1.29 is 19.2 Å². The summed E-state index contributed by atoms with van der Waals surface area (Å²) in [6, 6.07) is 5.10. The zero-order valence-corrected chi connectivity index (χ0v) is 18.0. The van der Waals surface area contributed by atoms with Gasteiger partial charge in [-0.25, -0.2) is 0 Å². The number of fused-ring (bicyclic) bond motifs is 1. The minimum absolute atomic E-state index is 0.154. The van der Waals surface area contributed by atoms with E-state index in [1.54, 1.807) is 0 Å². The lowest BCUT2D eigenvalue weighted by atomic mass is 9.97. The number of carbonyl (C=O) groups is 4. The van der Waals surface area contributed by atoms with Crippen molar-refractivity contribution in [3.8, 4) is 0 Å². The number of aromatic amines is 1. The third kappa shape index (κ3) is 5.22. The molecule has 0 spiro atoms. The minimum atomic E-state index is -0.912. The van der Waals surface area contributed by atoms with Crippen molar-refractivity contribution in [1.29, 1.82) is 0 Å². The molecule has 1 aliphatic heterocycles. The van der Waals surface area contributed by atoms with Crippen LogP contribution in [0.4, 0.5) is 0 Å². The van der Waals surface area contributed by atoms with E-state index >= 15 is 0 Å². The number of H-pyrrole nitrogens is 1. The molecule has 9 nitrogen and oxygen atoms in total. The third-order valence-electron chi connectivity index (χ3n) is 5.72. The first-order chi connectivity index (χ1) is 14.8. The number of benzene rings is 1. The van der Waals surface area contributed by atoms with E-state index in [1.165, 1.54) is 6.92 Å². The summed E-state index contributed by atoms with van der Waals surface area (Å²) >= 11 is 0. The molecule has 4 atom stereocenters. The maximum absolute atomic E-state index is 13.2. The van der Waals surface area contributed by atoms with Crippen LogP contribution in [0.2, 0.25) is 0 Å². The Labute approximate surface area is 180 Å². The van der Waals surface area contributed by atoms with Crippen LogP contribution in [0.1, 0.15) is 32.8 Å². The Morgan fingerprint density at radius 1 is 1.00 bits per heavy atom. The summed E-state index contributed by atoms with van der Waals surface area (Å²) in [5.74, 6) is -1.97. The summed E-state index contributed by atoms with van der Waals surface area (Å²) in [6.07, 6.45) is 2.70. The van der Waals surface area contributed by atoms with E-state index in [-0.39, 0.29) is 18.9 Å². The van der Waals surface area contributed by atoms with E-state index in [0.717, 1.165) is 16.5 Å². The SMILES string of the molecule is CC[C@H](C)[C@@H]1NC(=O)[C@H](Cc2c[nH]c3ccccc23)NC(=O)[C@H](C)NC(=O)CNC1=O. The fourth-order valence-corrected chi connectivity index (χ4v) is 3.62. The van der Waals surface area contributed by atoms with Gasteiger partial charge in [0.1, 0.15) is 18.1 Å². The quantitative estimate of drug-likeness (QED) is 0.482. The lowest BCUT2D eigenvalue weighted by molar-refractivity contribution is -0.135. The average molecular weight is 428 g/mol. The molecule has 1 aromatic heterocycles. The average Bonchev–Trinajstić information content (AvgIpc) is 3.16.